The van der Waals surface area contributed by atoms with Gasteiger partial charge >= 0.3 is 6.09 Å². The lowest BCUT2D eigenvalue weighted by Gasteiger charge is -2.32. The van der Waals surface area contributed by atoms with Crippen LogP contribution in [-0.4, -0.2) is 54.7 Å². The van der Waals surface area contributed by atoms with Gasteiger partial charge in [0.05, 0.1) is 19.3 Å². The Morgan fingerprint density at radius 3 is 2.70 bits per heavy atom. The number of amides is 1. The maximum Gasteiger partial charge on any atom is 0.409 e. The monoisotopic (exact) mass is 523 g/mol. The minimum Gasteiger partial charge on any atom is -0.453 e. The Hall–Kier alpha value is -2.36. The van der Waals surface area contributed by atoms with Gasteiger partial charge in [-0.3, -0.25) is 4.98 Å². The molecule has 0 atom stereocenters. The molecule has 0 unspecified atom stereocenters. The van der Waals surface area contributed by atoms with Crippen molar-refractivity contribution < 1.29 is 9.53 Å². The molecule has 2 N–H and O–H groups in total. The van der Waals surface area contributed by atoms with Crippen LogP contribution in [0.3, 0.4) is 0 Å². The number of hydrogen-bond donors (Lipinski definition) is 2. The molecule has 2 aromatic rings. The number of likely N-dealkylation sites (tertiary alicyclic amines) is 1. The van der Waals surface area contributed by atoms with Crippen molar-refractivity contribution in [1.29, 1.82) is 0 Å². The molecule has 1 saturated heterocycles. The zero-order valence-corrected chi connectivity index (χ0v) is 19.8. The number of halogens is 1. The average molecular weight is 523 g/mol. The molecule has 1 aliphatic rings. The first-order valence-electron chi connectivity index (χ1n) is 10.1. The third kappa shape index (κ3) is 6.86. The van der Waals surface area contributed by atoms with E-state index in [1.165, 1.54) is 7.11 Å². The highest BCUT2D eigenvalue weighted by Crippen LogP contribution is 2.18. The lowest BCUT2D eigenvalue weighted by molar-refractivity contribution is 0.111. The summed E-state index contributed by atoms with van der Waals surface area (Å²) in [6.07, 6.45) is 3.29. The molecule has 3 rings (SSSR count). The van der Waals surface area contributed by atoms with Crippen molar-refractivity contribution in [3.05, 3.63) is 54.2 Å². The molecule has 162 valence electrons. The highest BCUT2D eigenvalue weighted by molar-refractivity contribution is 14.0. The van der Waals surface area contributed by atoms with Gasteiger partial charge < -0.3 is 20.3 Å². The van der Waals surface area contributed by atoms with E-state index in [1.807, 2.05) is 24.3 Å². The molecular formula is C22H30IN5O2. The van der Waals surface area contributed by atoms with Gasteiger partial charge in [0.1, 0.15) is 0 Å². The summed E-state index contributed by atoms with van der Waals surface area (Å²) in [5.41, 5.74) is 3.18. The fraction of sp³-hybridized carbons (Fsp3) is 0.409. The van der Waals surface area contributed by atoms with Crippen molar-refractivity contribution in [1.82, 2.24) is 20.5 Å². The van der Waals surface area contributed by atoms with E-state index in [1.54, 1.807) is 11.1 Å². The molecule has 0 radical (unpaired) electrons. The van der Waals surface area contributed by atoms with Gasteiger partial charge in [0.25, 0.3) is 0 Å². The summed E-state index contributed by atoms with van der Waals surface area (Å²) in [7, 11) is 1.42. The first-order chi connectivity index (χ1) is 14.2. The zero-order chi connectivity index (χ0) is 20.5. The smallest absolute Gasteiger partial charge is 0.409 e. The number of guanidine groups is 1. The Bertz CT molecular complexity index is 823. The lowest BCUT2D eigenvalue weighted by atomic mass is 10.1. The summed E-state index contributed by atoms with van der Waals surface area (Å²) in [5, 5.41) is 6.81. The molecule has 1 aromatic heterocycles. The fourth-order valence-electron chi connectivity index (χ4n) is 3.38. The van der Waals surface area contributed by atoms with Crippen LogP contribution in [0.1, 0.15) is 25.3 Å². The number of aromatic nitrogens is 1. The highest BCUT2D eigenvalue weighted by Gasteiger charge is 2.23. The standard InChI is InChI=1S/C22H29N5O2.HI/c1-3-23-21(26-19-10-13-27(14-11-19)22(28)29-2)25-16-17-7-6-8-18(15-17)20-9-4-5-12-24-20;/h4-9,12,15,19H,3,10-11,13-14,16H2,1-2H3,(H2,23,25,26);1H. The van der Waals surface area contributed by atoms with Crippen LogP contribution in [0.2, 0.25) is 0 Å². The van der Waals surface area contributed by atoms with Crippen molar-refractivity contribution in [3.8, 4) is 11.3 Å². The van der Waals surface area contributed by atoms with Crippen molar-refractivity contribution >= 4 is 36.0 Å². The lowest BCUT2D eigenvalue weighted by Crippen LogP contribution is -2.49. The summed E-state index contributed by atoms with van der Waals surface area (Å²) in [4.78, 5) is 22.5. The second-order valence-corrected chi connectivity index (χ2v) is 6.99. The number of nitrogens with zero attached hydrogens (tertiary/aromatic N) is 3. The molecule has 1 amide bonds. The van der Waals surface area contributed by atoms with Crippen LogP contribution in [0.25, 0.3) is 11.3 Å². The Kier molecular flexibility index (Phi) is 9.85. The van der Waals surface area contributed by atoms with Crippen molar-refractivity contribution in [3.63, 3.8) is 0 Å². The Balaban J connectivity index is 0.00000320. The van der Waals surface area contributed by atoms with Crippen molar-refractivity contribution in [2.24, 2.45) is 4.99 Å². The number of carbonyl (C=O) groups excluding carboxylic acids is 1. The number of methoxy groups -OCH3 is 1. The number of ether oxygens (including phenoxy) is 1. The second kappa shape index (κ2) is 12.4. The summed E-state index contributed by atoms with van der Waals surface area (Å²) in [6.45, 7) is 4.81. The summed E-state index contributed by atoms with van der Waals surface area (Å²) in [6, 6.07) is 14.5. The van der Waals surface area contributed by atoms with Gasteiger partial charge in [-0.1, -0.05) is 24.3 Å². The largest absolute Gasteiger partial charge is 0.453 e. The summed E-state index contributed by atoms with van der Waals surface area (Å²) >= 11 is 0. The van der Waals surface area contributed by atoms with Crippen LogP contribution in [-0.2, 0) is 11.3 Å². The predicted molar refractivity (Wildman–Crippen MR) is 130 cm³/mol. The maximum absolute atomic E-state index is 11.6. The number of pyridine rings is 1. The number of benzene rings is 1. The van der Waals surface area contributed by atoms with Gasteiger partial charge in [0.15, 0.2) is 5.96 Å². The van der Waals surface area contributed by atoms with Gasteiger partial charge in [0, 0.05) is 37.4 Å². The molecular weight excluding hydrogens is 493 g/mol. The van der Waals surface area contributed by atoms with Crippen LogP contribution in [0, 0.1) is 0 Å². The van der Waals surface area contributed by atoms with Crippen LogP contribution in [0.5, 0.6) is 0 Å². The Morgan fingerprint density at radius 1 is 1.23 bits per heavy atom. The van der Waals surface area contributed by atoms with E-state index in [-0.39, 0.29) is 36.1 Å². The van der Waals surface area contributed by atoms with Crippen LogP contribution >= 0.6 is 24.0 Å². The topological polar surface area (TPSA) is 78.9 Å². The van der Waals surface area contributed by atoms with Gasteiger partial charge in [-0.15, -0.1) is 24.0 Å². The van der Waals surface area contributed by atoms with Gasteiger partial charge in [-0.2, -0.15) is 0 Å². The Morgan fingerprint density at radius 2 is 2.03 bits per heavy atom. The molecule has 0 spiro atoms. The third-order valence-corrected chi connectivity index (χ3v) is 4.92. The molecule has 0 bridgehead atoms. The highest BCUT2D eigenvalue weighted by atomic mass is 127. The molecule has 1 aliphatic heterocycles. The van der Waals surface area contributed by atoms with Crippen LogP contribution < -0.4 is 10.6 Å². The first-order valence-corrected chi connectivity index (χ1v) is 10.1. The number of carbonyl (C=O) groups is 1. The molecule has 1 aromatic carbocycles. The fourth-order valence-corrected chi connectivity index (χ4v) is 3.38. The van der Waals surface area contributed by atoms with E-state index in [2.05, 4.69) is 40.7 Å². The molecule has 0 saturated carbocycles. The minimum absolute atomic E-state index is 0. The molecule has 30 heavy (non-hydrogen) atoms. The zero-order valence-electron chi connectivity index (χ0n) is 17.5. The number of nitrogens with one attached hydrogen (secondary N) is 2. The Labute approximate surface area is 195 Å². The van der Waals surface area contributed by atoms with Crippen LogP contribution in [0.4, 0.5) is 4.79 Å². The normalized spacial score (nSPS) is 14.6. The van der Waals surface area contributed by atoms with E-state index in [4.69, 9.17) is 9.73 Å². The quantitative estimate of drug-likeness (QED) is 0.356. The number of rotatable bonds is 5. The van der Waals surface area contributed by atoms with Gasteiger partial charge in [-0.05, 0) is 43.5 Å². The molecule has 7 nitrogen and oxygen atoms in total. The second-order valence-electron chi connectivity index (χ2n) is 6.99. The first kappa shape index (κ1) is 23.9. The average Bonchev–Trinajstić information content (AvgIpc) is 2.78. The van der Waals surface area contributed by atoms with Crippen molar-refractivity contribution in [2.75, 3.05) is 26.7 Å². The van der Waals surface area contributed by atoms with E-state index < -0.39 is 0 Å². The van der Waals surface area contributed by atoms with Crippen molar-refractivity contribution in [2.45, 2.75) is 32.4 Å². The van der Waals surface area contributed by atoms with Crippen LogP contribution in [0.15, 0.2) is 53.7 Å². The number of piperidine rings is 1. The maximum atomic E-state index is 11.6. The van der Waals surface area contributed by atoms with Gasteiger partial charge in [0.2, 0.25) is 0 Å². The van der Waals surface area contributed by atoms with E-state index >= 15 is 0 Å². The molecule has 8 heteroatoms. The van der Waals surface area contributed by atoms with E-state index in [0.29, 0.717) is 19.6 Å². The number of aliphatic imine (C=N–C) groups is 1. The third-order valence-electron chi connectivity index (χ3n) is 4.92. The minimum atomic E-state index is -0.253. The molecule has 2 heterocycles. The van der Waals surface area contributed by atoms with E-state index in [9.17, 15) is 4.79 Å². The SMILES string of the molecule is CCNC(=NCc1cccc(-c2ccccn2)c1)NC1CCN(C(=O)OC)CC1.I. The molecule has 0 aliphatic carbocycles. The van der Waals surface area contributed by atoms with Gasteiger partial charge in [-0.25, -0.2) is 9.79 Å². The van der Waals surface area contributed by atoms with E-state index in [0.717, 1.165) is 42.2 Å². The summed E-state index contributed by atoms with van der Waals surface area (Å²) in [5.74, 6) is 0.798. The predicted octanol–water partition coefficient (Wildman–Crippen LogP) is 3.65. The molecule has 1 fully saturated rings. The summed E-state index contributed by atoms with van der Waals surface area (Å²) < 4.78 is 4.80. The number of hydrogen-bond acceptors (Lipinski definition) is 4.